The fourth-order valence-electron chi connectivity index (χ4n) is 3.12. The van der Waals surface area contributed by atoms with Crippen LogP contribution in [0.25, 0.3) is 0 Å². The van der Waals surface area contributed by atoms with Gasteiger partial charge in [0.15, 0.2) is 0 Å². The molecule has 0 spiro atoms. The molecule has 1 aliphatic heterocycles. The Bertz CT molecular complexity index is 787. The Labute approximate surface area is 146 Å². The van der Waals surface area contributed by atoms with Crippen LogP contribution in [0.2, 0.25) is 0 Å². The third kappa shape index (κ3) is 3.99. The van der Waals surface area contributed by atoms with Crippen molar-refractivity contribution < 1.29 is 19.4 Å². The summed E-state index contributed by atoms with van der Waals surface area (Å²) >= 11 is 0. The monoisotopic (exact) mass is 339 g/mol. The maximum Gasteiger partial charge on any atom is 0.326 e. The smallest absolute Gasteiger partial charge is 0.326 e. The van der Waals surface area contributed by atoms with Gasteiger partial charge in [-0.15, -0.1) is 0 Å². The lowest BCUT2D eigenvalue weighted by atomic mass is 10.1. The molecule has 1 unspecified atom stereocenters. The summed E-state index contributed by atoms with van der Waals surface area (Å²) in [6, 6.07) is 14.2. The van der Waals surface area contributed by atoms with E-state index in [-0.39, 0.29) is 5.91 Å². The van der Waals surface area contributed by atoms with Crippen LogP contribution in [-0.4, -0.2) is 34.5 Å². The molecule has 5 heteroatoms. The highest BCUT2D eigenvalue weighted by molar-refractivity contribution is 5.97. The highest BCUT2D eigenvalue weighted by Gasteiger charge is 2.34. The molecule has 1 fully saturated rings. The quantitative estimate of drug-likeness (QED) is 0.908. The molecule has 1 heterocycles. The maximum atomic E-state index is 12.6. The lowest BCUT2D eigenvalue weighted by molar-refractivity contribution is -0.141. The molecule has 0 aliphatic carbocycles. The predicted molar refractivity (Wildman–Crippen MR) is 93.6 cm³/mol. The van der Waals surface area contributed by atoms with E-state index in [1.54, 1.807) is 24.3 Å². The number of carboxylic acid groups (broad SMARTS) is 1. The molecular formula is C20H21NO4. The zero-order valence-corrected chi connectivity index (χ0v) is 14.1. The highest BCUT2D eigenvalue weighted by atomic mass is 16.5. The van der Waals surface area contributed by atoms with Gasteiger partial charge in [-0.1, -0.05) is 35.9 Å². The van der Waals surface area contributed by atoms with E-state index in [1.807, 2.05) is 25.1 Å². The molecule has 0 radical (unpaired) electrons. The van der Waals surface area contributed by atoms with Crippen molar-refractivity contribution in [1.29, 1.82) is 0 Å². The Morgan fingerprint density at radius 2 is 2.00 bits per heavy atom. The molecule has 25 heavy (non-hydrogen) atoms. The zero-order valence-electron chi connectivity index (χ0n) is 14.1. The molecule has 0 saturated carbocycles. The van der Waals surface area contributed by atoms with E-state index >= 15 is 0 Å². The molecule has 2 aromatic rings. The molecule has 1 atom stereocenters. The number of hydrogen-bond acceptors (Lipinski definition) is 3. The van der Waals surface area contributed by atoms with Gasteiger partial charge < -0.3 is 14.7 Å². The van der Waals surface area contributed by atoms with Gasteiger partial charge in [0.1, 0.15) is 18.4 Å². The van der Waals surface area contributed by atoms with Gasteiger partial charge in [-0.3, -0.25) is 4.79 Å². The average molecular weight is 339 g/mol. The summed E-state index contributed by atoms with van der Waals surface area (Å²) < 4.78 is 5.79. The summed E-state index contributed by atoms with van der Waals surface area (Å²) in [7, 11) is 0. The van der Waals surface area contributed by atoms with Crippen molar-refractivity contribution in [3.05, 3.63) is 65.2 Å². The summed E-state index contributed by atoms with van der Waals surface area (Å²) in [5.74, 6) is -0.609. The van der Waals surface area contributed by atoms with Crippen molar-refractivity contribution in [3.8, 4) is 5.75 Å². The van der Waals surface area contributed by atoms with Gasteiger partial charge >= 0.3 is 5.97 Å². The predicted octanol–water partition coefficient (Wildman–Crippen LogP) is 3.26. The van der Waals surface area contributed by atoms with E-state index in [0.29, 0.717) is 37.3 Å². The Balaban J connectivity index is 1.70. The van der Waals surface area contributed by atoms with E-state index in [2.05, 4.69) is 6.07 Å². The molecule has 1 amide bonds. The number of rotatable bonds is 5. The molecule has 1 aliphatic rings. The molecule has 2 aromatic carbocycles. The largest absolute Gasteiger partial charge is 0.489 e. The van der Waals surface area contributed by atoms with Gasteiger partial charge in [0, 0.05) is 12.1 Å². The van der Waals surface area contributed by atoms with E-state index in [1.165, 1.54) is 10.5 Å². The van der Waals surface area contributed by atoms with Crippen molar-refractivity contribution in [2.75, 3.05) is 6.54 Å². The fourth-order valence-corrected chi connectivity index (χ4v) is 3.12. The zero-order chi connectivity index (χ0) is 17.8. The number of benzene rings is 2. The Hall–Kier alpha value is -2.82. The molecule has 1 N–H and O–H groups in total. The highest BCUT2D eigenvalue weighted by Crippen LogP contribution is 2.22. The molecule has 0 aromatic heterocycles. The maximum absolute atomic E-state index is 12.6. The lowest BCUT2D eigenvalue weighted by Crippen LogP contribution is -2.40. The van der Waals surface area contributed by atoms with Crippen molar-refractivity contribution in [2.45, 2.75) is 32.4 Å². The normalized spacial score (nSPS) is 16.7. The first-order valence-corrected chi connectivity index (χ1v) is 8.37. The number of aliphatic carboxylic acids is 1. The number of ether oxygens (including phenoxy) is 1. The number of amides is 1. The number of likely N-dealkylation sites (tertiary alicyclic amines) is 1. The number of carbonyl (C=O) groups is 2. The fraction of sp³-hybridized carbons (Fsp3) is 0.300. The van der Waals surface area contributed by atoms with Crippen molar-refractivity contribution in [3.63, 3.8) is 0 Å². The SMILES string of the molecule is Cc1cccc(COc2cccc(C(=O)N3CCCC3C(=O)O)c2)c1. The number of nitrogens with zero attached hydrogens (tertiary/aromatic N) is 1. The van der Waals surface area contributed by atoms with Crippen LogP contribution in [0.15, 0.2) is 48.5 Å². The van der Waals surface area contributed by atoms with E-state index in [9.17, 15) is 14.7 Å². The van der Waals surface area contributed by atoms with Crippen molar-refractivity contribution >= 4 is 11.9 Å². The molecule has 0 bridgehead atoms. The average Bonchev–Trinajstić information content (AvgIpc) is 3.10. The van der Waals surface area contributed by atoms with Gasteiger partial charge in [-0.2, -0.15) is 0 Å². The van der Waals surface area contributed by atoms with Crippen LogP contribution in [0.4, 0.5) is 0 Å². The first-order valence-electron chi connectivity index (χ1n) is 8.37. The third-order valence-electron chi connectivity index (χ3n) is 4.37. The van der Waals surface area contributed by atoms with E-state index in [0.717, 1.165) is 5.56 Å². The Morgan fingerprint density at radius 1 is 1.20 bits per heavy atom. The first kappa shape index (κ1) is 17.0. The van der Waals surface area contributed by atoms with Gasteiger partial charge in [0.25, 0.3) is 5.91 Å². The van der Waals surface area contributed by atoms with E-state index < -0.39 is 12.0 Å². The van der Waals surface area contributed by atoms with Crippen LogP contribution in [0.1, 0.15) is 34.3 Å². The number of carboxylic acids is 1. The number of hydrogen-bond donors (Lipinski definition) is 1. The summed E-state index contributed by atoms with van der Waals surface area (Å²) in [6.45, 7) is 2.92. The first-order chi connectivity index (χ1) is 12.0. The summed E-state index contributed by atoms with van der Waals surface area (Å²) in [4.78, 5) is 25.4. The van der Waals surface area contributed by atoms with Crippen LogP contribution >= 0.6 is 0 Å². The minimum absolute atomic E-state index is 0.258. The molecule has 3 rings (SSSR count). The van der Waals surface area contributed by atoms with E-state index in [4.69, 9.17) is 4.74 Å². The Morgan fingerprint density at radius 3 is 2.76 bits per heavy atom. The second kappa shape index (κ2) is 7.38. The van der Waals surface area contributed by atoms with Gasteiger partial charge in [0.2, 0.25) is 0 Å². The molecule has 130 valence electrons. The minimum Gasteiger partial charge on any atom is -0.489 e. The second-order valence-electron chi connectivity index (χ2n) is 6.30. The molecule has 5 nitrogen and oxygen atoms in total. The van der Waals surface area contributed by atoms with Crippen molar-refractivity contribution in [1.82, 2.24) is 4.90 Å². The third-order valence-corrected chi connectivity index (χ3v) is 4.37. The second-order valence-corrected chi connectivity index (χ2v) is 6.30. The summed E-state index contributed by atoms with van der Waals surface area (Å²) in [5.41, 5.74) is 2.68. The summed E-state index contributed by atoms with van der Waals surface area (Å²) in [6.07, 6.45) is 1.22. The van der Waals surface area contributed by atoms with Crippen LogP contribution in [0, 0.1) is 6.92 Å². The Kier molecular flexibility index (Phi) is 5.03. The topological polar surface area (TPSA) is 66.8 Å². The molecular weight excluding hydrogens is 318 g/mol. The van der Waals surface area contributed by atoms with Crippen LogP contribution in [0.5, 0.6) is 5.75 Å². The van der Waals surface area contributed by atoms with Gasteiger partial charge in [-0.05, 0) is 43.5 Å². The van der Waals surface area contributed by atoms with Crippen LogP contribution in [-0.2, 0) is 11.4 Å². The standard InChI is InChI=1S/C20H21NO4/c1-14-5-2-6-15(11-14)13-25-17-8-3-7-16(12-17)19(22)21-10-4-9-18(21)20(23)24/h2-3,5-8,11-12,18H,4,9-10,13H2,1H3,(H,23,24). The number of aryl methyl sites for hydroxylation is 1. The van der Waals surface area contributed by atoms with Crippen molar-refractivity contribution in [2.24, 2.45) is 0 Å². The lowest BCUT2D eigenvalue weighted by Gasteiger charge is -2.21. The van der Waals surface area contributed by atoms with Gasteiger partial charge in [-0.25, -0.2) is 4.79 Å². The molecule has 1 saturated heterocycles. The van der Waals surface area contributed by atoms with Gasteiger partial charge in [0.05, 0.1) is 0 Å². The van der Waals surface area contributed by atoms with Crippen LogP contribution < -0.4 is 4.74 Å². The summed E-state index contributed by atoms with van der Waals surface area (Å²) in [5, 5.41) is 9.25. The van der Waals surface area contributed by atoms with Crippen LogP contribution in [0.3, 0.4) is 0 Å². The number of carbonyl (C=O) groups excluding carboxylic acids is 1. The minimum atomic E-state index is -0.947.